The third-order valence-corrected chi connectivity index (χ3v) is 3.22. The van der Waals surface area contributed by atoms with Gasteiger partial charge in [0, 0.05) is 7.11 Å². The van der Waals surface area contributed by atoms with Crippen LogP contribution in [0.4, 0.5) is 0 Å². The molecule has 4 nitrogen and oxygen atoms in total. The minimum atomic E-state index is -0.355. The fourth-order valence-corrected chi connectivity index (χ4v) is 2.00. The van der Waals surface area contributed by atoms with Crippen LogP contribution in [0.2, 0.25) is 0 Å². The van der Waals surface area contributed by atoms with Crippen molar-refractivity contribution in [1.82, 2.24) is 0 Å². The molecule has 1 aliphatic rings. The first-order chi connectivity index (χ1) is 7.58. The maximum absolute atomic E-state index is 9.97. The summed E-state index contributed by atoms with van der Waals surface area (Å²) < 4.78 is 15.8. The Balaban J connectivity index is 2.06. The van der Waals surface area contributed by atoms with Crippen LogP contribution in [-0.4, -0.2) is 50.9 Å². The van der Waals surface area contributed by atoms with Gasteiger partial charge in [-0.1, -0.05) is 13.8 Å². The molecule has 1 aliphatic carbocycles. The van der Waals surface area contributed by atoms with Gasteiger partial charge in [-0.2, -0.15) is 0 Å². The molecule has 0 aromatic rings. The maximum atomic E-state index is 9.97. The van der Waals surface area contributed by atoms with Gasteiger partial charge in [-0.15, -0.1) is 0 Å². The van der Waals surface area contributed by atoms with Crippen LogP contribution in [0.25, 0.3) is 0 Å². The van der Waals surface area contributed by atoms with Crippen molar-refractivity contribution in [2.45, 2.75) is 38.9 Å². The fraction of sp³-hybridized carbons (Fsp3) is 1.00. The third kappa shape index (κ3) is 4.01. The highest BCUT2D eigenvalue weighted by atomic mass is 16.5. The van der Waals surface area contributed by atoms with E-state index in [2.05, 4.69) is 13.8 Å². The second-order valence-electron chi connectivity index (χ2n) is 4.99. The first-order valence-electron chi connectivity index (χ1n) is 5.94. The molecule has 0 aromatic heterocycles. The average Bonchev–Trinajstić information content (AvgIpc) is 2.50. The van der Waals surface area contributed by atoms with E-state index in [-0.39, 0.29) is 17.6 Å². The van der Waals surface area contributed by atoms with Gasteiger partial charge in [0.2, 0.25) is 0 Å². The monoisotopic (exact) mass is 232 g/mol. The smallest absolute Gasteiger partial charge is 0.0852 e. The molecule has 1 N–H and O–H groups in total. The predicted molar refractivity (Wildman–Crippen MR) is 61.5 cm³/mol. The molecule has 2 atom stereocenters. The summed E-state index contributed by atoms with van der Waals surface area (Å²) in [5.41, 5.74) is -0.0123. The van der Waals surface area contributed by atoms with E-state index in [4.69, 9.17) is 14.2 Å². The molecule has 0 aromatic carbocycles. The molecule has 0 amide bonds. The number of hydrogen-bond acceptors (Lipinski definition) is 4. The average molecular weight is 232 g/mol. The fourth-order valence-electron chi connectivity index (χ4n) is 2.00. The number of aliphatic hydroxyl groups excluding tert-OH is 1. The second kappa shape index (κ2) is 6.55. The molecule has 96 valence electrons. The third-order valence-electron chi connectivity index (χ3n) is 3.22. The summed E-state index contributed by atoms with van der Waals surface area (Å²) in [4.78, 5) is 0. The van der Waals surface area contributed by atoms with Gasteiger partial charge >= 0.3 is 0 Å². The van der Waals surface area contributed by atoms with Gasteiger partial charge in [0.1, 0.15) is 0 Å². The quantitative estimate of drug-likeness (QED) is 0.670. The molecule has 1 rings (SSSR count). The van der Waals surface area contributed by atoms with Crippen molar-refractivity contribution in [3.05, 3.63) is 0 Å². The number of hydrogen-bond donors (Lipinski definition) is 1. The minimum absolute atomic E-state index is 0.0123. The highest BCUT2D eigenvalue weighted by molar-refractivity contribution is 4.91. The zero-order chi connectivity index (χ0) is 12.0. The number of aliphatic hydroxyl groups is 1. The molecule has 0 bridgehead atoms. The highest BCUT2D eigenvalue weighted by Gasteiger charge is 2.41. The number of ether oxygens (including phenoxy) is 3. The van der Waals surface area contributed by atoms with Gasteiger partial charge in [-0.3, -0.25) is 0 Å². The van der Waals surface area contributed by atoms with E-state index in [0.29, 0.717) is 26.4 Å². The Morgan fingerprint density at radius 1 is 1.19 bits per heavy atom. The van der Waals surface area contributed by atoms with Gasteiger partial charge < -0.3 is 19.3 Å². The Kier molecular flexibility index (Phi) is 5.69. The van der Waals surface area contributed by atoms with E-state index in [9.17, 15) is 5.11 Å². The summed E-state index contributed by atoms with van der Waals surface area (Å²) in [5.74, 6) is 0. The lowest BCUT2D eigenvalue weighted by molar-refractivity contribution is -0.0665. The van der Waals surface area contributed by atoms with Crippen LogP contribution in [0, 0.1) is 5.41 Å². The minimum Gasteiger partial charge on any atom is -0.390 e. The maximum Gasteiger partial charge on any atom is 0.0852 e. The zero-order valence-electron chi connectivity index (χ0n) is 10.6. The molecule has 4 heteroatoms. The molecule has 0 saturated heterocycles. The first kappa shape index (κ1) is 13.9. The van der Waals surface area contributed by atoms with Gasteiger partial charge in [-0.05, 0) is 18.3 Å². The molecule has 0 heterocycles. The van der Waals surface area contributed by atoms with Gasteiger partial charge in [-0.25, -0.2) is 0 Å². The Labute approximate surface area is 97.9 Å². The van der Waals surface area contributed by atoms with Crippen LogP contribution in [0.1, 0.15) is 26.7 Å². The summed E-state index contributed by atoms with van der Waals surface area (Å²) in [5, 5.41) is 9.97. The van der Waals surface area contributed by atoms with Crippen LogP contribution in [0.15, 0.2) is 0 Å². The molecule has 0 radical (unpaired) electrons. The molecule has 1 saturated carbocycles. The Morgan fingerprint density at radius 2 is 1.88 bits per heavy atom. The summed E-state index contributed by atoms with van der Waals surface area (Å²) in [7, 11) is 1.65. The summed E-state index contributed by atoms with van der Waals surface area (Å²) in [6.07, 6.45) is 1.57. The Hall–Kier alpha value is -0.160. The predicted octanol–water partition coefficient (Wildman–Crippen LogP) is 1.22. The topological polar surface area (TPSA) is 47.9 Å². The van der Waals surface area contributed by atoms with Crippen molar-refractivity contribution in [3.8, 4) is 0 Å². The summed E-state index contributed by atoms with van der Waals surface area (Å²) in [6, 6.07) is 0. The largest absolute Gasteiger partial charge is 0.390 e. The van der Waals surface area contributed by atoms with Crippen molar-refractivity contribution in [1.29, 1.82) is 0 Å². The van der Waals surface area contributed by atoms with E-state index in [0.717, 1.165) is 12.8 Å². The molecular formula is C12H24O4. The zero-order valence-corrected chi connectivity index (χ0v) is 10.6. The lowest BCUT2D eigenvalue weighted by atomic mass is 9.89. The van der Waals surface area contributed by atoms with Crippen LogP contribution in [0.3, 0.4) is 0 Å². The summed E-state index contributed by atoms with van der Waals surface area (Å²) in [6.45, 7) is 6.47. The summed E-state index contributed by atoms with van der Waals surface area (Å²) >= 11 is 0. The molecule has 1 fully saturated rings. The Morgan fingerprint density at radius 3 is 2.44 bits per heavy atom. The van der Waals surface area contributed by atoms with Gasteiger partial charge in [0.25, 0.3) is 0 Å². The van der Waals surface area contributed by atoms with Crippen molar-refractivity contribution >= 4 is 0 Å². The molecule has 0 spiro atoms. The van der Waals surface area contributed by atoms with Crippen molar-refractivity contribution < 1.29 is 19.3 Å². The molecule has 0 aliphatic heterocycles. The van der Waals surface area contributed by atoms with E-state index in [1.165, 1.54) is 0 Å². The van der Waals surface area contributed by atoms with Crippen LogP contribution in [-0.2, 0) is 14.2 Å². The van der Waals surface area contributed by atoms with E-state index in [1.807, 2.05) is 0 Å². The lowest BCUT2D eigenvalue weighted by Crippen LogP contribution is -2.33. The molecule has 2 unspecified atom stereocenters. The SMILES string of the molecule is COCCOCCOC1CCC(C)(C)C1O. The number of rotatable bonds is 7. The van der Waals surface area contributed by atoms with Crippen molar-refractivity contribution in [2.75, 3.05) is 33.5 Å². The standard InChI is InChI=1S/C12H24O4/c1-12(2)5-4-10(11(12)13)16-9-8-15-7-6-14-3/h10-11,13H,4-9H2,1-3H3. The van der Waals surface area contributed by atoms with Crippen LogP contribution >= 0.6 is 0 Å². The Bertz CT molecular complexity index is 193. The highest BCUT2D eigenvalue weighted by Crippen LogP contribution is 2.38. The lowest BCUT2D eigenvalue weighted by Gasteiger charge is -2.25. The van der Waals surface area contributed by atoms with E-state index in [1.54, 1.807) is 7.11 Å². The van der Waals surface area contributed by atoms with E-state index < -0.39 is 0 Å². The van der Waals surface area contributed by atoms with Gasteiger partial charge in [0.15, 0.2) is 0 Å². The van der Waals surface area contributed by atoms with Gasteiger partial charge in [0.05, 0.1) is 38.6 Å². The first-order valence-corrected chi connectivity index (χ1v) is 5.94. The van der Waals surface area contributed by atoms with Crippen LogP contribution in [0.5, 0.6) is 0 Å². The molecular weight excluding hydrogens is 208 g/mol. The second-order valence-corrected chi connectivity index (χ2v) is 4.99. The number of methoxy groups -OCH3 is 1. The van der Waals surface area contributed by atoms with Crippen molar-refractivity contribution in [2.24, 2.45) is 5.41 Å². The van der Waals surface area contributed by atoms with Crippen molar-refractivity contribution in [3.63, 3.8) is 0 Å². The normalized spacial score (nSPS) is 28.5. The molecule has 16 heavy (non-hydrogen) atoms. The van der Waals surface area contributed by atoms with Crippen LogP contribution < -0.4 is 0 Å². The van der Waals surface area contributed by atoms with E-state index >= 15 is 0 Å².